The molecule has 0 fully saturated rings. The van der Waals surface area contributed by atoms with E-state index in [1.165, 1.54) is 33.8 Å². The summed E-state index contributed by atoms with van der Waals surface area (Å²) >= 11 is 0. The third kappa shape index (κ3) is 5.61. The van der Waals surface area contributed by atoms with Crippen molar-refractivity contribution in [3.05, 3.63) is 62.1 Å². The predicted molar refractivity (Wildman–Crippen MR) is 113 cm³/mol. The zero-order valence-electron chi connectivity index (χ0n) is 16.9. The summed E-state index contributed by atoms with van der Waals surface area (Å²) in [6.07, 6.45) is 0.587. The van der Waals surface area contributed by atoms with Crippen LogP contribution in [0.2, 0.25) is 0 Å². The molecule has 0 aliphatic carbocycles. The lowest BCUT2D eigenvalue weighted by Gasteiger charge is -2.21. The van der Waals surface area contributed by atoms with Crippen LogP contribution in [0.4, 0.5) is 5.69 Å². The molecule has 2 rings (SSSR count). The molecule has 1 unspecified atom stereocenters. The Hall–Kier alpha value is -2.78. The molecule has 1 atom stereocenters. The third-order valence-electron chi connectivity index (χ3n) is 4.62. The Bertz CT molecular complexity index is 944. The molecular weight excluding hydrogens is 398 g/mol. The van der Waals surface area contributed by atoms with Crippen molar-refractivity contribution in [3.8, 4) is 5.69 Å². The lowest BCUT2D eigenvalue weighted by molar-refractivity contribution is -0.384. The minimum absolute atomic E-state index is 0. The fraction of sp³-hybridized carbons (Fsp3) is 0.421. The summed E-state index contributed by atoms with van der Waals surface area (Å²) in [7, 11) is 1.58. The highest BCUT2D eigenvalue weighted by Crippen LogP contribution is 2.22. The minimum Gasteiger partial charge on any atom is -0.340 e. The number of rotatable bonds is 7. The highest BCUT2D eigenvalue weighted by Gasteiger charge is 2.22. The maximum atomic E-state index is 12.7. The molecule has 9 nitrogen and oxygen atoms in total. The number of aromatic nitrogens is 2. The molecular formula is C19H26ClN5O4. The number of halogens is 1. The number of amides is 1. The van der Waals surface area contributed by atoms with Gasteiger partial charge in [0.05, 0.1) is 4.92 Å². The Balaban J connectivity index is 0.00000420. The fourth-order valence-electron chi connectivity index (χ4n) is 2.70. The number of nitrogens with two attached hydrogens (primary N) is 1. The largest absolute Gasteiger partial charge is 0.340 e. The average Bonchev–Trinajstić information content (AvgIpc) is 2.65. The molecule has 2 N–H and O–H groups in total. The van der Waals surface area contributed by atoms with Crippen LogP contribution in [0.15, 0.2) is 35.1 Å². The Morgan fingerprint density at radius 1 is 1.34 bits per heavy atom. The van der Waals surface area contributed by atoms with E-state index in [4.69, 9.17) is 5.73 Å². The van der Waals surface area contributed by atoms with Gasteiger partial charge in [-0.1, -0.05) is 26.0 Å². The second kappa shape index (κ2) is 10.1. The first-order chi connectivity index (χ1) is 13.1. The lowest BCUT2D eigenvalue weighted by Crippen LogP contribution is -2.37. The Morgan fingerprint density at radius 2 is 1.97 bits per heavy atom. The molecule has 29 heavy (non-hydrogen) atoms. The maximum absolute atomic E-state index is 12.7. The predicted octanol–water partition coefficient (Wildman–Crippen LogP) is 2.32. The summed E-state index contributed by atoms with van der Waals surface area (Å²) in [6, 6.07) is 7.21. The van der Waals surface area contributed by atoms with Crippen molar-refractivity contribution in [1.82, 2.24) is 14.7 Å². The van der Waals surface area contributed by atoms with Gasteiger partial charge < -0.3 is 10.6 Å². The first kappa shape index (κ1) is 24.3. The molecule has 0 aliphatic heterocycles. The van der Waals surface area contributed by atoms with E-state index in [1.807, 2.05) is 13.8 Å². The van der Waals surface area contributed by atoms with E-state index < -0.39 is 16.3 Å². The van der Waals surface area contributed by atoms with E-state index in [9.17, 15) is 19.7 Å². The Kier molecular flexibility index (Phi) is 8.47. The SMILES string of the molecule is Cc1cc(=O)c(C(=O)N(C)CCC(N)C(C)C)nn1-c1ccccc1[N+](=O)[O-].Cl. The van der Waals surface area contributed by atoms with Gasteiger partial charge in [0, 0.05) is 37.5 Å². The molecule has 1 heterocycles. The summed E-state index contributed by atoms with van der Waals surface area (Å²) in [6.45, 7) is 5.97. The van der Waals surface area contributed by atoms with Gasteiger partial charge in [0.1, 0.15) is 5.69 Å². The average molecular weight is 424 g/mol. The number of hydrogen-bond acceptors (Lipinski definition) is 6. The molecule has 1 aromatic heterocycles. The van der Waals surface area contributed by atoms with Crippen molar-refractivity contribution in [2.75, 3.05) is 13.6 Å². The molecule has 10 heteroatoms. The van der Waals surface area contributed by atoms with E-state index >= 15 is 0 Å². The molecule has 1 aromatic carbocycles. The van der Waals surface area contributed by atoms with Gasteiger partial charge in [0.2, 0.25) is 5.43 Å². The molecule has 0 radical (unpaired) electrons. The van der Waals surface area contributed by atoms with Gasteiger partial charge in [-0.2, -0.15) is 5.10 Å². The number of hydrogen-bond donors (Lipinski definition) is 1. The summed E-state index contributed by atoms with van der Waals surface area (Å²) in [5.74, 6) is -0.273. The van der Waals surface area contributed by atoms with E-state index in [1.54, 1.807) is 20.0 Å². The summed E-state index contributed by atoms with van der Waals surface area (Å²) in [4.78, 5) is 37.3. The Labute approximate surface area is 175 Å². The molecule has 0 aliphatic rings. The molecule has 0 spiro atoms. The van der Waals surface area contributed by atoms with Crippen molar-refractivity contribution in [3.63, 3.8) is 0 Å². The number of nitro groups is 1. The van der Waals surface area contributed by atoms with Gasteiger partial charge in [-0.05, 0) is 25.3 Å². The summed E-state index contributed by atoms with van der Waals surface area (Å²) in [5.41, 5.74) is 5.60. The van der Waals surface area contributed by atoms with E-state index in [0.29, 0.717) is 18.7 Å². The number of nitro benzene ring substituents is 1. The van der Waals surface area contributed by atoms with Crippen LogP contribution in [0.3, 0.4) is 0 Å². The van der Waals surface area contributed by atoms with Crippen LogP contribution < -0.4 is 11.2 Å². The lowest BCUT2D eigenvalue weighted by atomic mass is 10.0. The number of benzene rings is 1. The van der Waals surface area contributed by atoms with Crippen molar-refractivity contribution in [1.29, 1.82) is 0 Å². The van der Waals surface area contributed by atoms with Gasteiger partial charge in [-0.15, -0.1) is 12.4 Å². The molecule has 1 amide bonds. The van der Waals surface area contributed by atoms with Crippen LogP contribution in [-0.4, -0.2) is 45.1 Å². The third-order valence-corrected chi connectivity index (χ3v) is 4.62. The van der Waals surface area contributed by atoms with Crippen LogP contribution in [-0.2, 0) is 0 Å². The zero-order valence-corrected chi connectivity index (χ0v) is 17.7. The van der Waals surface area contributed by atoms with Crippen molar-refractivity contribution in [2.24, 2.45) is 11.7 Å². The van der Waals surface area contributed by atoms with Crippen LogP contribution in [0.5, 0.6) is 0 Å². The van der Waals surface area contributed by atoms with Crippen molar-refractivity contribution < 1.29 is 9.72 Å². The molecule has 0 saturated heterocycles. The van der Waals surface area contributed by atoms with Crippen molar-refractivity contribution >= 4 is 24.0 Å². The van der Waals surface area contributed by atoms with Crippen LogP contribution >= 0.6 is 12.4 Å². The number of carbonyl (C=O) groups is 1. The van der Waals surface area contributed by atoms with Gasteiger partial charge in [-0.3, -0.25) is 19.7 Å². The zero-order chi connectivity index (χ0) is 21.0. The highest BCUT2D eigenvalue weighted by atomic mass is 35.5. The van der Waals surface area contributed by atoms with Gasteiger partial charge in [-0.25, -0.2) is 4.68 Å². The summed E-state index contributed by atoms with van der Waals surface area (Å²) < 4.78 is 1.25. The quantitative estimate of drug-likeness (QED) is 0.538. The van der Waals surface area contributed by atoms with Crippen LogP contribution in [0.25, 0.3) is 5.69 Å². The van der Waals surface area contributed by atoms with E-state index in [2.05, 4.69) is 5.10 Å². The van der Waals surface area contributed by atoms with E-state index in [-0.39, 0.29) is 41.4 Å². The highest BCUT2D eigenvalue weighted by molar-refractivity contribution is 5.91. The number of para-hydroxylation sites is 2. The Morgan fingerprint density at radius 3 is 2.55 bits per heavy atom. The second-order valence-electron chi connectivity index (χ2n) is 7.08. The summed E-state index contributed by atoms with van der Waals surface area (Å²) in [5, 5.41) is 15.5. The van der Waals surface area contributed by atoms with Gasteiger partial charge in [0.25, 0.3) is 11.6 Å². The smallest absolute Gasteiger partial charge is 0.294 e. The second-order valence-corrected chi connectivity index (χ2v) is 7.08. The van der Waals surface area contributed by atoms with Crippen molar-refractivity contribution in [2.45, 2.75) is 33.2 Å². The molecule has 0 bridgehead atoms. The molecule has 2 aromatic rings. The topological polar surface area (TPSA) is 124 Å². The fourth-order valence-corrected chi connectivity index (χ4v) is 2.70. The number of aryl methyl sites for hydroxylation is 1. The maximum Gasteiger partial charge on any atom is 0.294 e. The van der Waals surface area contributed by atoms with E-state index in [0.717, 1.165) is 0 Å². The van der Waals surface area contributed by atoms with Crippen LogP contribution in [0, 0.1) is 23.0 Å². The molecule has 0 saturated carbocycles. The monoisotopic (exact) mass is 423 g/mol. The first-order valence-electron chi connectivity index (χ1n) is 8.99. The molecule has 158 valence electrons. The van der Waals surface area contributed by atoms with Crippen LogP contribution in [0.1, 0.15) is 36.5 Å². The number of nitrogens with zero attached hydrogens (tertiary/aromatic N) is 4. The van der Waals surface area contributed by atoms with Gasteiger partial charge >= 0.3 is 0 Å². The standard InChI is InChI=1S/C19H25N5O4.ClH/c1-12(2)14(20)9-10-22(4)19(26)18-17(25)11-13(3)23(21-18)15-7-5-6-8-16(15)24(27)28;/h5-8,11-12,14H,9-10,20H2,1-4H3;1H. The normalized spacial score (nSPS) is 11.7. The number of carbonyl (C=O) groups excluding carboxylic acids is 1. The minimum atomic E-state index is -0.548. The van der Waals surface area contributed by atoms with Gasteiger partial charge in [0.15, 0.2) is 5.69 Å². The first-order valence-corrected chi connectivity index (χ1v) is 8.99.